The first-order valence-electron chi connectivity index (χ1n) is 12.9. The van der Waals surface area contributed by atoms with Crippen LogP contribution in [0, 0.1) is 5.92 Å². The number of alkyl carbamates (subject to hydrolysis) is 2. The number of ether oxygens (including phenoxy) is 2. The van der Waals surface area contributed by atoms with Crippen LogP contribution < -0.4 is 16.0 Å². The zero-order valence-corrected chi connectivity index (χ0v) is 23.1. The molecule has 0 heterocycles. The standard InChI is InChI=1S/C27H43N3O5S/c1-6-10-20-17-21(28-26(33)35-27(2,3)4)13-14-22(20)29-24(31)23(15-16-36-5)30-25(32)34-18-19-11-8-7-9-12-19/h7-9,11-12,20-23H,6,10,13-18H2,1-5H3,(H,28,33)(H,29,31)(H,30,32)/t20?,21?,22?,23-/m0/s1. The Hall–Kier alpha value is -2.42. The summed E-state index contributed by atoms with van der Waals surface area (Å²) in [5, 5.41) is 8.94. The van der Waals surface area contributed by atoms with Crippen molar-refractivity contribution in [2.24, 2.45) is 5.92 Å². The minimum atomic E-state index is -0.666. The summed E-state index contributed by atoms with van der Waals surface area (Å²) >= 11 is 1.62. The maximum absolute atomic E-state index is 13.2. The molecule has 1 aromatic rings. The summed E-state index contributed by atoms with van der Waals surface area (Å²) < 4.78 is 10.7. The predicted octanol–water partition coefficient (Wildman–Crippen LogP) is 5.01. The number of thioether (sulfide) groups is 1. The normalized spacial score (nSPS) is 20.6. The van der Waals surface area contributed by atoms with Crippen LogP contribution in [0.15, 0.2) is 30.3 Å². The van der Waals surface area contributed by atoms with Crippen molar-refractivity contribution < 1.29 is 23.9 Å². The summed E-state index contributed by atoms with van der Waals surface area (Å²) in [6, 6.07) is 8.78. The number of hydrogen-bond donors (Lipinski definition) is 3. The molecule has 202 valence electrons. The second kappa shape index (κ2) is 15.0. The third-order valence-corrected chi connectivity index (χ3v) is 6.77. The van der Waals surface area contributed by atoms with Crippen LogP contribution >= 0.6 is 11.8 Å². The molecular weight excluding hydrogens is 478 g/mol. The van der Waals surface area contributed by atoms with Gasteiger partial charge in [0, 0.05) is 12.1 Å². The Morgan fingerprint density at radius 1 is 1.08 bits per heavy atom. The zero-order valence-electron chi connectivity index (χ0n) is 22.3. The van der Waals surface area contributed by atoms with E-state index < -0.39 is 23.8 Å². The Morgan fingerprint density at radius 2 is 1.81 bits per heavy atom. The van der Waals surface area contributed by atoms with Crippen LogP contribution in [-0.4, -0.2) is 53.8 Å². The van der Waals surface area contributed by atoms with E-state index in [-0.39, 0.29) is 30.5 Å². The summed E-state index contributed by atoms with van der Waals surface area (Å²) in [4.78, 5) is 37.9. The van der Waals surface area contributed by atoms with E-state index in [1.807, 2.05) is 57.4 Å². The van der Waals surface area contributed by atoms with Gasteiger partial charge in [0.2, 0.25) is 5.91 Å². The van der Waals surface area contributed by atoms with Gasteiger partial charge in [-0.25, -0.2) is 9.59 Å². The molecule has 1 saturated carbocycles. The van der Waals surface area contributed by atoms with E-state index in [9.17, 15) is 14.4 Å². The molecule has 0 aliphatic heterocycles. The van der Waals surface area contributed by atoms with Crippen LogP contribution in [0.3, 0.4) is 0 Å². The lowest BCUT2D eigenvalue weighted by atomic mass is 9.79. The molecule has 9 heteroatoms. The third-order valence-electron chi connectivity index (χ3n) is 6.12. The largest absolute Gasteiger partial charge is 0.445 e. The van der Waals surface area contributed by atoms with Crippen LogP contribution in [0.2, 0.25) is 0 Å². The number of hydrogen-bond acceptors (Lipinski definition) is 6. The molecule has 3 N–H and O–H groups in total. The monoisotopic (exact) mass is 521 g/mol. The number of benzene rings is 1. The van der Waals surface area contributed by atoms with Crippen molar-refractivity contribution in [2.75, 3.05) is 12.0 Å². The Morgan fingerprint density at radius 3 is 2.44 bits per heavy atom. The molecule has 1 aromatic carbocycles. The molecule has 1 fully saturated rings. The van der Waals surface area contributed by atoms with E-state index >= 15 is 0 Å². The second-order valence-corrected chi connectivity index (χ2v) is 11.3. The third kappa shape index (κ3) is 11.1. The quantitative estimate of drug-likeness (QED) is 0.378. The van der Waals surface area contributed by atoms with Gasteiger partial charge in [-0.1, -0.05) is 43.7 Å². The average Bonchev–Trinajstić information content (AvgIpc) is 2.81. The Balaban J connectivity index is 1.93. The van der Waals surface area contributed by atoms with Gasteiger partial charge in [-0.05, 0) is 76.4 Å². The van der Waals surface area contributed by atoms with Crippen molar-refractivity contribution in [3.63, 3.8) is 0 Å². The van der Waals surface area contributed by atoms with Gasteiger partial charge in [0.05, 0.1) is 0 Å². The molecule has 0 radical (unpaired) electrons. The molecule has 3 amide bonds. The van der Waals surface area contributed by atoms with Gasteiger partial charge in [-0.3, -0.25) is 4.79 Å². The van der Waals surface area contributed by atoms with Crippen molar-refractivity contribution in [3.05, 3.63) is 35.9 Å². The molecule has 1 aliphatic carbocycles. The molecule has 0 aromatic heterocycles. The molecule has 1 aliphatic rings. The van der Waals surface area contributed by atoms with Crippen molar-refractivity contribution in [2.45, 2.75) is 96.6 Å². The SMILES string of the molecule is CCCC1CC(NC(=O)OC(C)(C)C)CCC1NC(=O)[C@H](CCSC)NC(=O)OCc1ccccc1. The van der Waals surface area contributed by atoms with Crippen molar-refractivity contribution in [1.82, 2.24) is 16.0 Å². The van der Waals surface area contributed by atoms with Crippen LogP contribution in [0.5, 0.6) is 0 Å². The van der Waals surface area contributed by atoms with Crippen LogP contribution in [0.4, 0.5) is 9.59 Å². The number of carbonyl (C=O) groups is 3. The van der Waals surface area contributed by atoms with Gasteiger partial charge in [-0.15, -0.1) is 0 Å². The van der Waals surface area contributed by atoms with Crippen molar-refractivity contribution >= 4 is 29.9 Å². The van der Waals surface area contributed by atoms with E-state index in [4.69, 9.17) is 9.47 Å². The average molecular weight is 522 g/mol. The first-order valence-corrected chi connectivity index (χ1v) is 14.3. The molecule has 4 atom stereocenters. The predicted molar refractivity (Wildman–Crippen MR) is 144 cm³/mol. The first kappa shape index (κ1) is 29.8. The number of rotatable bonds is 11. The van der Waals surface area contributed by atoms with E-state index in [1.54, 1.807) is 11.8 Å². The summed E-state index contributed by atoms with van der Waals surface area (Å²) in [6.45, 7) is 7.81. The highest BCUT2D eigenvalue weighted by Crippen LogP contribution is 2.29. The fourth-order valence-electron chi connectivity index (χ4n) is 4.44. The van der Waals surface area contributed by atoms with Gasteiger partial charge in [0.1, 0.15) is 18.2 Å². The van der Waals surface area contributed by atoms with Crippen molar-refractivity contribution in [1.29, 1.82) is 0 Å². The Kier molecular flexibility index (Phi) is 12.4. The summed E-state index contributed by atoms with van der Waals surface area (Å²) in [7, 11) is 0. The van der Waals surface area contributed by atoms with Crippen molar-refractivity contribution in [3.8, 4) is 0 Å². The summed E-state index contributed by atoms with van der Waals surface area (Å²) in [5.74, 6) is 0.784. The molecule has 8 nitrogen and oxygen atoms in total. The smallest absolute Gasteiger partial charge is 0.408 e. The van der Waals surface area contributed by atoms with Gasteiger partial charge < -0.3 is 25.4 Å². The van der Waals surface area contributed by atoms with Crippen LogP contribution in [-0.2, 0) is 20.9 Å². The van der Waals surface area contributed by atoms with Gasteiger partial charge in [-0.2, -0.15) is 11.8 Å². The first-order chi connectivity index (χ1) is 17.1. The summed E-state index contributed by atoms with van der Waals surface area (Å²) in [6.07, 6.45) is 5.70. The molecule has 0 bridgehead atoms. The number of amides is 3. The molecular formula is C27H43N3O5S. The fraction of sp³-hybridized carbons (Fsp3) is 0.667. The number of nitrogens with one attached hydrogen (secondary N) is 3. The second-order valence-electron chi connectivity index (χ2n) is 10.4. The van der Waals surface area contributed by atoms with Crippen LogP contribution in [0.25, 0.3) is 0 Å². The lowest BCUT2D eigenvalue weighted by molar-refractivity contribution is -0.124. The van der Waals surface area contributed by atoms with E-state index in [2.05, 4.69) is 22.9 Å². The fourth-order valence-corrected chi connectivity index (χ4v) is 4.92. The van der Waals surface area contributed by atoms with Gasteiger partial charge >= 0.3 is 12.2 Å². The number of carbonyl (C=O) groups excluding carboxylic acids is 3. The Bertz CT molecular complexity index is 830. The molecule has 3 unspecified atom stereocenters. The molecule has 2 rings (SSSR count). The zero-order chi connectivity index (χ0) is 26.6. The van der Waals surface area contributed by atoms with Crippen LogP contribution in [0.1, 0.15) is 71.8 Å². The highest BCUT2D eigenvalue weighted by molar-refractivity contribution is 7.98. The molecule has 0 saturated heterocycles. The Labute approximate surface area is 220 Å². The minimum absolute atomic E-state index is 0.00643. The van der Waals surface area contributed by atoms with Gasteiger partial charge in [0.15, 0.2) is 0 Å². The maximum atomic E-state index is 13.2. The highest BCUT2D eigenvalue weighted by Gasteiger charge is 2.34. The molecule has 0 spiro atoms. The molecule has 36 heavy (non-hydrogen) atoms. The topological polar surface area (TPSA) is 106 Å². The lowest BCUT2D eigenvalue weighted by Gasteiger charge is -2.37. The van der Waals surface area contributed by atoms with E-state index in [1.165, 1.54) is 0 Å². The lowest BCUT2D eigenvalue weighted by Crippen LogP contribution is -2.54. The summed E-state index contributed by atoms with van der Waals surface area (Å²) in [5.41, 5.74) is 0.343. The van der Waals surface area contributed by atoms with E-state index in [0.717, 1.165) is 43.4 Å². The minimum Gasteiger partial charge on any atom is -0.445 e. The van der Waals surface area contributed by atoms with Gasteiger partial charge in [0.25, 0.3) is 0 Å². The maximum Gasteiger partial charge on any atom is 0.408 e. The van der Waals surface area contributed by atoms with E-state index in [0.29, 0.717) is 6.42 Å². The highest BCUT2D eigenvalue weighted by atomic mass is 32.2.